The third kappa shape index (κ3) is 4.71. The molecule has 1 aromatic rings. The van der Waals surface area contributed by atoms with Gasteiger partial charge in [-0.2, -0.15) is 0 Å². The molecule has 1 aromatic carbocycles. The average Bonchev–Trinajstić information content (AvgIpc) is 2.31. The zero-order chi connectivity index (χ0) is 14.6. The minimum absolute atomic E-state index is 0.187. The number of hydrogen-bond acceptors (Lipinski definition) is 2. The lowest BCUT2D eigenvalue weighted by Crippen LogP contribution is -2.38. The summed E-state index contributed by atoms with van der Waals surface area (Å²) in [6.45, 7) is 9.21. The highest BCUT2D eigenvalue weighted by molar-refractivity contribution is 5.97. The Bertz CT molecular complexity index is 444. The molecule has 0 spiro atoms. The van der Waals surface area contributed by atoms with E-state index in [1.807, 2.05) is 18.7 Å². The van der Waals surface area contributed by atoms with Crippen LogP contribution in [0.1, 0.15) is 38.1 Å². The van der Waals surface area contributed by atoms with Crippen LogP contribution in [0, 0.1) is 17.6 Å². The van der Waals surface area contributed by atoms with E-state index in [9.17, 15) is 13.6 Å². The standard InChI is InChI=1S/C15H21F2NO/c1-10(2)8-18(11(3)4)9-15(19)12-5-6-13(16)14(17)7-12/h5-7,10-11H,8-9H2,1-4H3. The van der Waals surface area contributed by atoms with E-state index >= 15 is 0 Å². The van der Waals surface area contributed by atoms with Crippen molar-refractivity contribution in [1.82, 2.24) is 4.90 Å². The predicted molar refractivity (Wildman–Crippen MR) is 72.2 cm³/mol. The Balaban J connectivity index is 2.78. The topological polar surface area (TPSA) is 20.3 Å². The second-order valence-electron chi connectivity index (χ2n) is 5.47. The summed E-state index contributed by atoms with van der Waals surface area (Å²) in [6, 6.07) is 3.52. The van der Waals surface area contributed by atoms with Gasteiger partial charge < -0.3 is 0 Å². The molecule has 0 bridgehead atoms. The summed E-state index contributed by atoms with van der Waals surface area (Å²) in [5.74, 6) is -1.65. The molecule has 19 heavy (non-hydrogen) atoms. The van der Waals surface area contributed by atoms with Gasteiger partial charge in [-0.1, -0.05) is 13.8 Å². The van der Waals surface area contributed by atoms with Gasteiger partial charge in [-0.05, 0) is 38.0 Å². The van der Waals surface area contributed by atoms with E-state index in [-0.39, 0.29) is 23.9 Å². The highest BCUT2D eigenvalue weighted by atomic mass is 19.2. The van der Waals surface area contributed by atoms with Crippen LogP contribution in [0.2, 0.25) is 0 Å². The number of halogens is 2. The highest BCUT2D eigenvalue weighted by Crippen LogP contribution is 2.11. The quantitative estimate of drug-likeness (QED) is 0.736. The van der Waals surface area contributed by atoms with Crippen LogP contribution < -0.4 is 0 Å². The minimum atomic E-state index is -0.981. The summed E-state index contributed by atoms with van der Waals surface area (Å²) >= 11 is 0. The van der Waals surface area contributed by atoms with Gasteiger partial charge in [0.1, 0.15) is 0 Å². The van der Waals surface area contributed by atoms with Crippen LogP contribution in [0.15, 0.2) is 18.2 Å². The molecule has 0 aliphatic rings. The fourth-order valence-electron chi connectivity index (χ4n) is 1.87. The Kier molecular flexibility index (Phi) is 5.60. The summed E-state index contributed by atoms with van der Waals surface area (Å²) in [6.07, 6.45) is 0. The number of carbonyl (C=O) groups is 1. The van der Waals surface area contributed by atoms with Gasteiger partial charge in [0.25, 0.3) is 0 Å². The van der Waals surface area contributed by atoms with Crippen LogP contribution in [-0.4, -0.2) is 29.8 Å². The van der Waals surface area contributed by atoms with Crippen LogP contribution in [0.3, 0.4) is 0 Å². The molecule has 0 radical (unpaired) electrons. The highest BCUT2D eigenvalue weighted by Gasteiger charge is 2.17. The lowest BCUT2D eigenvalue weighted by atomic mass is 10.1. The van der Waals surface area contributed by atoms with Crippen LogP contribution in [-0.2, 0) is 0 Å². The van der Waals surface area contributed by atoms with Crippen LogP contribution in [0.5, 0.6) is 0 Å². The Hall–Kier alpha value is -1.29. The molecule has 0 unspecified atom stereocenters. The molecule has 2 nitrogen and oxygen atoms in total. The zero-order valence-corrected chi connectivity index (χ0v) is 11.9. The third-order valence-electron chi connectivity index (χ3n) is 2.92. The largest absolute Gasteiger partial charge is 0.293 e. The zero-order valence-electron chi connectivity index (χ0n) is 11.9. The Morgan fingerprint density at radius 2 is 1.79 bits per heavy atom. The smallest absolute Gasteiger partial charge is 0.176 e. The molecule has 0 aliphatic carbocycles. The maximum absolute atomic E-state index is 13.1. The van der Waals surface area contributed by atoms with Crippen molar-refractivity contribution < 1.29 is 13.6 Å². The van der Waals surface area contributed by atoms with Crippen molar-refractivity contribution in [2.75, 3.05) is 13.1 Å². The third-order valence-corrected chi connectivity index (χ3v) is 2.92. The van der Waals surface area contributed by atoms with E-state index in [2.05, 4.69) is 13.8 Å². The second-order valence-corrected chi connectivity index (χ2v) is 5.47. The van der Waals surface area contributed by atoms with E-state index < -0.39 is 11.6 Å². The summed E-state index contributed by atoms with van der Waals surface area (Å²) in [4.78, 5) is 14.1. The van der Waals surface area contributed by atoms with E-state index in [1.165, 1.54) is 6.07 Å². The van der Waals surface area contributed by atoms with Crippen LogP contribution >= 0.6 is 0 Å². The molecule has 106 valence electrons. The first kappa shape index (κ1) is 15.8. The van der Waals surface area contributed by atoms with Crippen molar-refractivity contribution in [2.24, 2.45) is 5.92 Å². The Morgan fingerprint density at radius 3 is 2.26 bits per heavy atom. The lowest BCUT2D eigenvalue weighted by molar-refractivity contribution is 0.0892. The van der Waals surface area contributed by atoms with Gasteiger partial charge in [0, 0.05) is 18.2 Å². The number of nitrogens with zero attached hydrogens (tertiary/aromatic N) is 1. The molecular weight excluding hydrogens is 248 g/mol. The predicted octanol–water partition coefficient (Wildman–Crippen LogP) is 3.51. The van der Waals surface area contributed by atoms with Gasteiger partial charge in [-0.3, -0.25) is 9.69 Å². The van der Waals surface area contributed by atoms with Crippen molar-refractivity contribution in [3.63, 3.8) is 0 Å². The van der Waals surface area contributed by atoms with Gasteiger partial charge in [-0.25, -0.2) is 8.78 Å². The molecule has 0 heterocycles. The number of Topliss-reactive ketones (excluding diaryl/α,β-unsaturated/α-hetero) is 1. The first-order chi connectivity index (χ1) is 8.81. The number of ketones is 1. The fourth-order valence-corrected chi connectivity index (χ4v) is 1.87. The lowest BCUT2D eigenvalue weighted by Gasteiger charge is -2.27. The van der Waals surface area contributed by atoms with E-state index in [0.29, 0.717) is 5.92 Å². The van der Waals surface area contributed by atoms with E-state index in [4.69, 9.17) is 0 Å². The molecule has 0 aromatic heterocycles. The fraction of sp³-hybridized carbons (Fsp3) is 0.533. The average molecular weight is 269 g/mol. The van der Waals surface area contributed by atoms with Crippen molar-refractivity contribution in [2.45, 2.75) is 33.7 Å². The molecule has 4 heteroatoms. The molecule has 0 aliphatic heterocycles. The Labute approximate surface area is 113 Å². The van der Waals surface area contributed by atoms with Gasteiger partial charge in [0.2, 0.25) is 0 Å². The van der Waals surface area contributed by atoms with Crippen LogP contribution in [0.25, 0.3) is 0 Å². The maximum atomic E-state index is 13.1. The van der Waals surface area contributed by atoms with E-state index in [1.54, 1.807) is 0 Å². The van der Waals surface area contributed by atoms with Gasteiger partial charge in [-0.15, -0.1) is 0 Å². The van der Waals surface area contributed by atoms with Gasteiger partial charge in [0.15, 0.2) is 17.4 Å². The molecule has 1 rings (SSSR count). The second kappa shape index (κ2) is 6.75. The minimum Gasteiger partial charge on any atom is -0.293 e. The molecule has 0 fully saturated rings. The van der Waals surface area contributed by atoms with Crippen molar-refractivity contribution in [1.29, 1.82) is 0 Å². The van der Waals surface area contributed by atoms with Gasteiger partial charge >= 0.3 is 0 Å². The van der Waals surface area contributed by atoms with Crippen molar-refractivity contribution >= 4 is 5.78 Å². The maximum Gasteiger partial charge on any atom is 0.176 e. The summed E-state index contributed by atoms with van der Waals surface area (Å²) in [5, 5.41) is 0. The Morgan fingerprint density at radius 1 is 1.16 bits per heavy atom. The van der Waals surface area contributed by atoms with E-state index in [0.717, 1.165) is 18.7 Å². The molecule has 0 N–H and O–H groups in total. The first-order valence-electron chi connectivity index (χ1n) is 6.53. The summed E-state index contributed by atoms with van der Waals surface area (Å²) in [7, 11) is 0. The molecule has 0 saturated heterocycles. The summed E-state index contributed by atoms with van der Waals surface area (Å²) in [5.41, 5.74) is 0.216. The molecule has 0 saturated carbocycles. The number of rotatable bonds is 6. The number of benzene rings is 1. The molecule has 0 amide bonds. The van der Waals surface area contributed by atoms with Gasteiger partial charge in [0.05, 0.1) is 6.54 Å². The number of hydrogen-bond donors (Lipinski definition) is 0. The normalized spacial score (nSPS) is 11.6. The van der Waals surface area contributed by atoms with Crippen molar-refractivity contribution in [3.8, 4) is 0 Å². The van der Waals surface area contributed by atoms with Crippen molar-refractivity contribution in [3.05, 3.63) is 35.4 Å². The summed E-state index contributed by atoms with van der Waals surface area (Å²) < 4.78 is 25.9. The van der Waals surface area contributed by atoms with Crippen LogP contribution in [0.4, 0.5) is 8.78 Å². The number of carbonyl (C=O) groups excluding carboxylic acids is 1. The SMILES string of the molecule is CC(C)CN(CC(=O)c1ccc(F)c(F)c1)C(C)C. The monoisotopic (exact) mass is 269 g/mol. The molecular formula is C15H21F2NO. The molecule has 0 atom stereocenters. The first-order valence-corrected chi connectivity index (χ1v) is 6.53.